The van der Waals surface area contributed by atoms with Crippen molar-refractivity contribution in [2.75, 3.05) is 6.61 Å². The molecule has 3 heterocycles. The lowest BCUT2D eigenvalue weighted by atomic mass is 10.0. The molecule has 1 amide bonds. The van der Waals surface area contributed by atoms with E-state index in [0.717, 1.165) is 23.1 Å². The van der Waals surface area contributed by atoms with Gasteiger partial charge in [0.1, 0.15) is 6.10 Å². The number of hydrogen-bond acceptors (Lipinski definition) is 4. The molecule has 106 valence electrons. The van der Waals surface area contributed by atoms with Crippen molar-refractivity contribution < 1.29 is 9.53 Å². The molecule has 1 fully saturated rings. The smallest absolute Gasteiger partial charge is 0.252 e. The minimum atomic E-state index is -0.105. The van der Waals surface area contributed by atoms with Crippen LogP contribution in [0.5, 0.6) is 0 Å². The summed E-state index contributed by atoms with van der Waals surface area (Å²) in [5, 5.41) is 11.1. The second kappa shape index (κ2) is 5.38. The first-order valence-corrected chi connectivity index (χ1v) is 7.53. The number of nitrogens with one attached hydrogen (secondary N) is 1. The van der Waals surface area contributed by atoms with Crippen LogP contribution >= 0.6 is 11.3 Å². The summed E-state index contributed by atoms with van der Waals surface area (Å²) in [5.41, 5.74) is 2.79. The second-order valence-corrected chi connectivity index (χ2v) is 5.82. The molecule has 0 unspecified atom stereocenters. The lowest BCUT2D eigenvalue weighted by Gasteiger charge is -2.18. The Balaban J connectivity index is 1.73. The Kier molecular flexibility index (Phi) is 3.58. The summed E-state index contributed by atoms with van der Waals surface area (Å²) in [5.74, 6) is -0.0202. The summed E-state index contributed by atoms with van der Waals surface area (Å²) in [7, 11) is 1.88. The average Bonchev–Trinajstić information content (AvgIpc) is 3.10. The Hall–Kier alpha value is -1.66. The zero-order valence-electron chi connectivity index (χ0n) is 11.5. The van der Waals surface area contributed by atoms with Gasteiger partial charge >= 0.3 is 0 Å². The fourth-order valence-corrected chi connectivity index (χ4v) is 3.32. The van der Waals surface area contributed by atoms with Crippen LogP contribution in [0, 0.1) is 6.92 Å². The predicted octanol–water partition coefficient (Wildman–Crippen LogP) is 2.05. The van der Waals surface area contributed by atoms with Crippen LogP contribution in [0.4, 0.5) is 0 Å². The number of carbonyl (C=O) groups is 1. The Morgan fingerprint density at radius 2 is 2.40 bits per heavy atom. The Morgan fingerprint density at radius 3 is 3.05 bits per heavy atom. The highest BCUT2D eigenvalue weighted by Gasteiger charge is 2.32. The maximum Gasteiger partial charge on any atom is 0.252 e. The van der Waals surface area contributed by atoms with Crippen molar-refractivity contribution in [3.63, 3.8) is 0 Å². The molecule has 1 saturated heterocycles. The van der Waals surface area contributed by atoms with Gasteiger partial charge in [0.05, 0.1) is 17.8 Å². The maximum absolute atomic E-state index is 12.3. The molecule has 5 nitrogen and oxygen atoms in total. The van der Waals surface area contributed by atoms with E-state index in [0.29, 0.717) is 6.61 Å². The summed E-state index contributed by atoms with van der Waals surface area (Å²) in [6, 6.07) is 0.00556. The summed E-state index contributed by atoms with van der Waals surface area (Å²) in [6.07, 6.45) is 4.45. The average molecular weight is 291 g/mol. The van der Waals surface area contributed by atoms with Gasteiger partial charge < -0.3 is 10.1 Å². The molecule has 3 rings (SSSR count). The van der Waals surface area contributed by atoms with Gasteiger partial charge in [-0.05, 0) is 24.3 Å². The normalized spacial score (nSPS) is 22.1. The molecule has 0 bridgehead atoms. The van der Waals surface area contributed by atoms with Gasteiger partial charge in [0.25, 0.3) is 5.91 Å². The van der Waals surface area contributed by atoms with Crippen molar-refractivity contribution in [2.45, 2.75) is 25.5 Å². The minimum Gasteiger partial charge on any atom is -0.371 e. The predicted molar refractivity (Wildman–Crippen MR) is 76.8 cm³/mol. The molecule has 0 spiro atoms. The summed E-state index contributed by atoms with van der Waals surface area (Å²) in [4.78, 5) is 12.3. The van der Waals surface area contributed by atoms with Crippen LogP contribution in [0.1, 0.15) is 34.0 Å². The maximum atomic E-state index is 12.3. The largest absolute Gasteiger partial charge is 0.371 e. The van der Waals surface area contributed by atoms with E-state index in [1.54, 1.807) is 22.2 Å². The Bertz CT molecular complexity index is 619. The molecule has 0 radical (unpaired) electrons. The second-order valence-electron chi connectivity index (χ2n) is 5.08. The van der Waals surface area contributed by atoms with Crippen molar-refractivity contribution in [1.82, 2.24) is 15.1 Å². The summed E-state index contributed by atoms with van der Waals surface area (Å²) in [6.45, 7) is 2.61. The molecule has 20 heavy (non-hydrogen) atoms. The molecule has 2 aromatic rings. The van der Waals surface area contributed by atoms with Gasteiger partial charge in [0.15, 0.2) is 0 Å². The number of ether oxygens (including phenoxy) is 1. The lowest BCUT2D eigenvalue weighted by molar-refractivity contribution is 0.0821. The van der Waals surface area contributed by atoms with E-state index >= 15 is 0 Å². The number of thiophene rings is 1. The molecule has 0 saturated carbocycles. The van der Waals surface area contributed by atoms with Gasteiger partial charge in [-0.25, -0.2) is 0 Å². The summed E-state index contributed by atoms with van der Waals surface area (Å²) >= 11 is 1.55. The van der Waals surface area contributed by atoms with Crippen molar-refractivity contribution >= 4 is 17.2 Å². The fraction of sp³-hybridized carbons (Fsp3) is 0.429. The van der Waals surface area contributed by atoms with Crippen molar-refractivity contribution in [2.24, 2.45) is 7.05 Å². The molecule has 1 aliphatic rings. The Morgan fingerprint density at radius 1 is 1.55 bits per heavy atom. The van der Waals surface area contributed by atoms with E-state index in [1.165, 1.54) is 0 Å². The van der Waals surface area contributed by atoms with Crippen molar-refractivity contribution in [3.05, 3.63) is 39.8 Å². The Labute approximate surface area is 121 Å². The number of amides is 1. The first-order valence-electron chi connectivity index (χ1n) is 6.59. The molecular formula is C14H17N3O2S. The zero-order chi connectivity index (χ0) is 14.1. The van der Waals surface area contributed by atoms with E-state index in [1.807, 2.05) is 30.9 Å². The standard InChI is InChI=1S/C14H17N3O2S/c1-9-7-20-8-11(9)14(18)16-12-3-4-19-13(12)10-5-15-17(2)6-10/h5-8,12-13H,3-4H2,1-2H3,(H,16,18)/t12-,13+/m0/s1. The summed E-state index contributed by atoms with van der Waals surface area (Å²) < 4.78 is 7.50. The van der Waals surface area contributed by atoms with Gasteiger partial charge in [-0.3, -0.25) is 9.48 Å². The van der Waals surface area contributed by atoms with Gasteiger partial charge in [0.2, 0.25) is 0 Å². The first kappa shape index (κ1) is 13.3. The third-order valence-electron chi connectivity index (χ3n) is 3.56. The van der Waals surface area contributed by atoms with E-state index < -0.39 is 0 Å². The number of nitrogens with zero attached hydrogens (tertiary/aromatic N) is 2. The van der Waals surface area contributed by atoms with Crippen LogP contribution in [0.2, 0.25) is 0 Å². The van der Waals surface area contributed by atoms with Gasteiger partial charge in [-0.15, -0.1) is 0 Å². The lowest BCUT2D eigenvalue weighted by Crippen LogP contribution is -2.36. The van der Waals surface area contributed by atoms with Crippen LogP contribution in [0.15, 0.2) is 23.2 Å². The molecule has 0 aromatic carbocycles. The van der Waals surface area contributed by atoms with Crippen LogP contribution < -0.4 is 5.32 Å². The topological polar surface area (TPSA) is 56.1 Å². The van der Waals surface area contributed by atoms with Gasteiger partial charge in [-0.2, -0.15) is 16.4 Å². The number of aryl methyl sites for hydroxylation is 2. The van der Waals surface area contributed by atoms with Crippen LogP contribution in [0.25, 0.3) is 0 Å². The quantitative estimate of drug-likeness (QED) is 0.941. The highest BCUT2D eigenvalue weighted by molar-refractivity contribution is 7.08. The fourth-order valence-electron chi connectivity index (χ4n) is 2.49. The van der Waals surface area contributed by atoms with Crippen LogP contribution in [-0.4, -0.2) is 28.3 Å². The first-order chi connectivity index (χ1) is 9.65. The molecule has 2 aromatic heterocycles. The van der Waals surface area contributed by atoms with E-state index in [9.17, 15) is 4.79 Å². The molecule has 6 heteroatoms. The minimum absolute atomic E-state index is 0.00556. The van der Waals surface area contributed by atoms with E-state index in [4.69, 9.17) is 4.74 Å². The zero-order valence-corrected chi connectivity index (χ0v) is 12.3. The number of carbonyl (C=O) groups excluding carboxylic acids is 1. The highest BCUT2D eigenvalue weighted by Crippen LogP contribution is 2.29. The number of rotatable bonds is 3. The number of hydrogen-bond donors (Lipinski definition) is 1. The molecule has 2 atom stereocenters. The van der Waals surface area contributed by atoms with E-state index in [2.05, 4.69) is 10.4 Å². The van der Waals surface area contributed by atoms with E-state index in [-0.39, 0.29) is 18.1 Å². The van der Waals surface area contributed by atoms with Crippen molar-refractivity contribution in [1.29, 1.82) is 0 Å². The highest BCUT2D eigenvalue weighted by atomic mass is 32.1. The number of aromatic nitrogens is 2. The van der Waals surface area contributed by atoms with Crippen LogP contribution in [-0.2, 0) is 11.8 Å². The van der Waals surface area contributed by atoms with Gasteiger partial charge in [-0.1, -0.05) is 0 Å². The SMILES string of the molecule is Cc1cscc1C(=O)N[C@H]1CCO[C@@H]1c1cnn(C)c1. The van der Waals surface area contributed by atoms with Gasteiger partial charge in [0, 0.05) is 30.8 Å². The third kappa shape index (κ3) is 2.48. The third-order valence-corrected chi connectivity index (χ3v) is 4.42. The molecule has 0 aliphatic carbocycles. The van der Waals surface area contributed by atoms with Crippen LogP contribution in [0.3, 0.4) is 0 Å². The molecule has 1 N–H and O–H groups in total. The monoisotopic (exact) mass is 291 g/mol. The molecule has 1 aliphatic heterocycles. The van der Waals surface area contributed by atoms with Crippen molar-refractivity contribution in [3.8, 4) is 0 Å². The molecular weight excluding hydrogens is 274 g/mol.